The van der Waals surface area contributed by atoms with Crippen molar-refractivity contribution < 1.29 is 19.1 Å². The number of nitrogens with one attached hydrogen (secondary N) is 1. The van der Waals surface area contributed by atoms with Gasteiger partial charge in [0.05, 0.1) is 12.7 Å². The minimum absolute atomic E-state index is 0.0371. The van der Waals surface area contributed by atoms with Crippen LogP contribution in [0.4, 0.5) is 0 Å². The number of carbonyl (C=O) groups is 2. The van der Waals surface area contributed by atoms with Gasteiger partial charge in [-0.05, 0) is 104 Å². The number of rotatable bonds is 3. The van der Waals surface area contributed by atoms with Gasteiger partial charge in [0.15, 0.2) is 5.79 Å². The van der Waals surface area contributed by atoms with Crippen LogP contribution in [0.25, 0.3) is 0 Å². The van der Waals surface area contributed by atoms with E-state index in [0.29, 0.717) is 40.6 Å². The summed E-state index contributed by atoms with van der Waals surface area (Å²) in [5, 5.41) is 3.22. The van der Waals surface area contributed by atoms with Crippen LogP contribution in [0, 0.1) is 52.3 Å². The van der Waals surface area contributed by atoms with Gasteiger partial charge < -0.3 is 19.7 Å². The average molecular weight is 529 g/mol. The van der Waals surface area contributed by atoms with Crippen molar-refractivity contribution in [2.45, 2.75) is 116 Å². The van der Waals surface area contributed by atoms with Crippen LogP contribution in [0.5, 0.6) is 0 Å². The molecule has 214 valence electrons. The molecular weight excluding hydrogens is 476 g/mol. The Balaban J connectivity index is 1.12. The van der Waals surface area contributed by atoms with Gasteiger partial charge in [-0.3, -0.25) is 9.59 Å². The highest BCUT2D eigenvalue weighted by atomic mass is 16.7. The molecule has 2 aliphatic heterocycles. The van der Waals surface area contributed by atoms with Crippen molar-refractivity contribution in [3.63, 3.8) is 0 Å². The van der Waals surface area contributed by atoms with Gasteiger partial charge in [0, 0.05) is 32.5 Å². The number of amides is 2. The van der Waals surface area contributed by atoms with Crippen LogP contribution in [0.3, 0.4) is 0 Å². The minimum atomic E-state index is -0.323. The molecule has 0 radical (unpaired) electrons. The van der Waals surface area contributed by atoms with Crippen LogP contribution in [-0.4, -0.2) is 55.3 Å². The topological polar surface area (TPSA) is 67.9 Å². The molecule has 4 saturated carbocycles. The summed E-state index contributed by atoms with van der Waals surface area (Å²) >= 11 is 0. The van der Waals surface area contributed by atoms with Crippen molar-refractivity contribution in [3.05, 3.63) is 0 Å². The van der Waals surface area contributed by atoms with E-state index in [0.717, 1.165) is 43.6 Å². The maximum atomic E-state index is 12.5. The quantitative estimate of drug-likeness (QED) is 0.499. The summed E-state index contributed by atoms with van der Waals surface area (Å²) in [6.45, 7) is 10.8. The van der Waals surface area contributed by atoms with Gasteiger partial charge >= 0.3 is 0 Å². The molecule has 2 saturated heterocycles. The summed E-state index contributed by atoms with van der Waals surface area (Å²) in [5.74, 6) is 4.25. The van der Waals surface area contributed by atoms with Crippen molar-refractivity contribution in [1.29, 1.82) is 0 Å². The Kier molecular flexibility index (Phi) is 6.74. The summed E-state index contributed by atoms with van der Waals surface area (Å²) in [7, 11) is 3.42. The second-order valence-electron chi connectivity index (χ2n) is 15.2. The first kappa shape index (κ1) is 27.1. The van der Waals surface area contributed by atoms with Gasteiger partial charge in [0.1, 0.15) is 6.42 Å². The maximum Gasteiger partial charge on any atom is 0.231 e. The lowest BCUT2D eigenvalue weighted by Crippen LogP contribution is -2.56. The van der Waals surface area contributed by atoms with E-state index in [9.17, 15) is 9.59 Å². The SMILES string of the molecule is C[C@@H]1CC[C@@]2(OC1)O[C@H]1C[C@H]3[C@@H]4CC[C@@H]5C[C@H](NC(=O)CC(=O)N(C)C)CC[C@]5(C)[C@H]4CC[C@]3(C)[C@H]1[C@@H]2C. The maximum absolute atomic E-state index is 12.5. The molecule has 1 spiro atoms. The predicted molar refractivity (Wildman–Crippen MR) is 147 cm³/mol. The van der Waals surface area contributed by atoms with E-state index in [1.165, 1.54) is 49.8 Å². The van der Waals surface area contributed by atoms with Crippen molar-refractivity contribution in [2.24, 2.45) is 52.3 Å². The van der Waals surface area contributed by atoms with Crippen LogP contribution in [0.15, 0.2) is 0 Å². The average Bonchev–Trinajstić information content (AvgIpc) is 3.31. The predicted octanol–water partition coefficient (Wildman–Crippen LogP) is 5.40. The zero-order valence-electron chi connectivity index (χ0n) is 24.8. The van der Waals surface area contributed by atoms with E-state index < -0.39 is 0 Å². The molecule has 2 amide bonds. The fourth-order valence-electron chi connectivity index (χ4n) is 11.0. The summed E-state index contributed by atoms with van der Waals surface area (Å²) < 4.78 is 13.4. The Morgan fingerprint density at radius 3 is 2.39 bits per heavy atom. The molecule has 0 aromatic heterocycles. The second-order valence-corrected chi connectivity index (χ2v) is 15.2. The van der Waals surface area contributed by atoms with Crippen LogP contribution in [-0.2, 0) is 19.1 Å². The molecule has 4 aliphatic carbocycles. The van der Waals surface area contributed by atoms with Gasteiger partial charge in [-0.1, -0.05) is 27.7 Å². The lowest BCUT2D eigenvalue weighted by atomic mass is 9.44. The highest BCUT2D eigenvalue weighted by molar-refractivity contribution is 5.96. The number of hydrogen-bond acceptors (Lipinski definition) is 4. The number of nitrogens with zero attached hydrogens (tertiary/aromatic N) is 1. The Bertz CT molecular complexity index is 944. The third-order valence-electron chi connectivity index (χ3n) is 13.1. The molecular formula is C32H52N2O4. The lowest BCUT2D eigenvalue weighted by molar-refractivity contribution is -0.273. The highest BCUT2D eigenvalue weighted by Gasteiger charge is 2.69. The van der Waals surface area contributed by atoms with Crippen LogP contribution in [0.2, 0.25) is 0 Å². The van der Waals surface area contributed by atoms with Crippen molar-refractivity contribution in [3.8, 4) is 0 Å². The van der Waals surface area contributed by atoms with Crippen molar-refractivity contribution >= 4 is 11.8 Å². The number of carbonyl (C=O) groups excluding carboxylic acids is 2. The van der Waals surface area contributed by atoms with E-state index in [-0.39, 0.29) is 30.1 Å². The van der Waals surface area contributed by atoms with Gasteiger partial charge in [-0.2, -0.15) is 0 Å². The second kappa shape index (κ2) is 9.46. The van der Waals surface area contributed by atoms with E-state index >= 15 is 0 Å². The third kappa shape index (κ3) is 4.09. The molecule has 6 nitrogen and oxygen atoms in total. The zero-order chi connectivity index (χ0) is 27.0. The standard InChI is InChI=1S/C32H52N2O4/c1-19-9-14-32(37-18-19)20(2)29-26(38-32)16-25-23-8-7-21-15-22(33-27(35)17-28(36)34(5)6)10-12-30(21,3)24(23)11-13-31(25,29)4/h19-26,29H,7-18H2,1-6H3,(H,33,35)/t19-,20+,21-,22-,23-,24+,25+,26+,29+,30+,31+,32-/m1/s1. The van der Waals surface area contributed by atoms with Gasteiger partial charge in [-0.25, -0.2) is 0 Å². The van der Waals surface area contributed by atoms with E-state index in [2.05, 4.69) is 33.0 Å². The van der Waals surface area contributed by atoms with Crippen molar-refractivity contribution in [2.75, 3.05) is 20.7 Å². The number of hydrogen-bond donors (Lipinski definition) is 1. The number of ether oxygens (including phenoxy) is 2. The fourth-order valence-corrected chi connectivity index (χ4v) is 11.0. The smallest absolute Gasteiger partial charge is 0.231 e. The highest BCUT2D eigenvalue weighted by Crippen LogP contribution is 2.71. The minimum Gasteiger partial charge on any atom is -0.353 e. The van der Waals surface area contributed by atoms with E-state index in [1.54, 1.807) is 14.1 Å². The molecule has 0 aromatic carbocycles. The summed E-state index contributed by atoms with van der Waals surface area (Å²) in [4.78, 5) is 26.0. The van der Waals surface area contributed by atoms with Crippen LogP contribution >= 0.6 is 0 Å². The molecule has 0 bridgehead atoms. The first-order valence-corrected chi connectivity index (χ1v) is 15.8. The molecule has 1 N–H and O–H groups in total. The Labute approximate surface area is 230 Å². The molecule has 6 rings (SSSR count). The number of fused-ring (bicyclic) bond motifs is 7. The molecule has 0 unspecified atom stereocenters. The Morgan fingerprint density at radius 1 is 0.921 bits per heavy atom. The van der Waals surface area contributed by atoms with E-state index in [4.69, 9.17) is 9.47 Å². The molecule has 6 aliphatic rings. The third-order valence-corrected chi connectivity index (χ3v) is 13.1. The van der Waals surface area contributed by atoms with Gasteiger partial charge in [0.2, 0.25) is 11.8 Å². The fraction of sp³-hybridized carbons (Fsp3) is 0.938. The summed E-state index contributed by atoms with van der Waals surface area (Å²) in [6.07, 6.45) is 12.5. The largest absolute Gasteiger partial charge is 0.353 e. The summed E-state index contributed by atoms with van der Waals surface area (Å²) in [5.41, 5.74) is 0.744. The molecule has 38 heavy (non-hydrogen) atoms. The normalized spacial score (nSPS) is 51.5. The van der Waals surface area contributed by atoms with Crippen molar-refractivity contribution in [1.82, 2.24) is 10.2 Å². The first-order chi connectivity index (χ1) is 18.0. The first-order valence-electron chi connectivity index (χ1n) is 15.8. The molecule has 6 fully saturated rings. The Morgan fingerprint density at radius 2 is 1.68 bits per heavy atom. The van der Waals surface area contributed by atoms with E-state index in [1.807, 2.05) is 0 Å². The molecule has 0 aromatic rings. The molecule has 2 heterocycles. The Hall–Kier alpha value is -1.14. The van der Waals surface area contributed by atoms with Gasteiger partial charge in [0.25, 0.3) is 0 Å². The molecule has 6 heteroatoms. The van der Waals surface area contributed by atoms with Crippen LogP contribution < -0.4 is 5.32 Å². The van der Waals surface area contributed by atoms with Crippen LogP contribution in [0.1, 0.15) is 98.3 Å². The lowest BCUT2D eigenvalue weighted by Gasteiger charge is -2.61. The van der Waals surface area contributed by atoms with Gasteiger partial charge in [-0.15, -0.1) is 0 Å². The molecule has 12 atom stereocenters. The monoisotopic (exact) mass is 528 g/mol. The zero-order valence-corrected chi connectivity index (χ0v) is 24.8. The summed E-state index contributed by atoms with van der Waals surface area (Å²) in [6, 6.07) is 0.218.